The first-order valence-electron chi connectivity index (χ1n) is 7.51. The summed E-state index contributed by atoms with van der Waals surface area (Å²) >= 11 is 11.0. The molecule has 128 valence electrons. The number of rotatable bonds is 5. The summed E-state index contributed by atoms with van der Waals surface area (Å²) in [7, 11) is 1.62. The third-order valence-electron chi connectivity index (χ3n) is 3.55. The van der Waals surface area contributed by atoms with Crippen LogP contribution in [0.4, 0.5) is 0 Å². The van der Waals surface area contributed by atoms with Crippen LogP contribution in [0.1, 0.15) is 0 Å². The molecule has 3 aromatic rings. The van der Waals surface area contributed by atoms with Crippen LogP contribution in [0.15, 0.2) is 64.4 Å². The number of aromatic nitrogens is 2. The maximum absolute atomic E-state index is 11.6. The average Bonchev–Trinajstić information content (AvgIpc) is 3.04. The van der Waals surface area contributed by atoms with Gasteiger partial charge in [-0.05, 0) is 30.3 Å². The molecule has 0 saturated heterocycles. The second-order valence-corrected chi connectivity index (χ2v) is 7.50. The molecule has 0 atom stereocenters. The lowest BCUT2D eigenvalue weighted by Gasteiger charge is -2.12. The van der Waals surface area contributed by atoms with E-state index < -0.39 is 0 Å². The molecule has 0 aliphatic carbocycles. The van der Waals surface area contributed by atoms with Gasteiger partial charge in [0.05, 0.1) is 17.6 Å². The van der Waals surface area contributed by atoms with Gasteiger partial charge in [-0.15, -0.1) is 0 Å². The summed E-state index contributed by atoms with van der Waals surface area (Å²) in [5.41, 5.74) is 2.87. The topological polar surface area (TPSA) is 46.9 Å². The quantitative estimate of drug-likeness (QED) is 0.585. The molecule has 1 amide bonds. The molecule has 0 bridgehead atoms. The first-order valence-corrected chi connectivity index (χ1v) is 9.67. The van der Waals surface area contributed by atoms with Crippen LogP contribution in [0.5, 0.6) is 0 Å². The van der Waals surface area contributed by atoms with E-state index in [0.717, 1.165) is 26.6 Å². The minimum Gasteiger partial charge on any atom is -0.358 e. The van der Waals surface area contributed by atoms with Crippen molar-refractivity contribution in [3.63, 3.8) is 0 Å². The van der Waals surface area contributed by atoms with Crippen molar-refractivity contribution < 1.29 is 4.79 Å². The summed E-state index contributed by atoms with van der Waals surface area (Å²) in [5, 5.41) is 4.01. The molecule has 7 heteroatoms. The highest BCUT2D eigenvalue weighted by molar-refractivity contribution is 9.10. The van der Waals surface area contributed by atoms with E-state index in [-0.39, 0.29) is 5.91 Å². The fraction of sp³-hybridized carbons (Fsp3) is 0.111. The molecule has 0 radical (unpaired) electrons. The van der Waals surface area contributed by atoms with Gasteiger partial charge >= 0.3 is 0 Å². The van der Waals surface area contributed by atoms with Crippen LogP contribution in [0.3, 0.4) is 0 Å². The monoisotopic (exact) mass is 435 g/mol. The van der Waals surface area contributed by atoms with Crippen molar-refractivity contribution in [2.75, 3.05) is 12.8 Å². The zero-order valence-electron chi connectivity index (χ0n) is 13.4. The van der Waals surface area contributed by atoms with E-state index in [1.54, 1.807) is 7.05 Å². The predicted octanol–water partition coefficient (Wildman–Crippen LogP) is 4.79. The van der Waals surface area contributed by atoms with Crippen LogP contribution in [-0.2, 0) is 4.79 Å². The zero-order valence-corrected chi connectivity index (χ0v) is 16.5. The first-order chi connectivity index (χ1) is 12.1. The summed E-state index contributed by atoms with van der Waals surface area (Å²) < 4.78 is 3.03. The largest absolute Gasteiger partial charge is 0.358 e. The van der Waals surface area contributed by atoms with Gasteiger partial charge in [-0.25, -0.2) is 4.98 Å². The highest BCUT2D eigenvalue weighted by Gasteiger charge is 2.15. The molecule has 0 fully saturated rings. The molecule has 3 rings (SSSR count). The highest BCUT2D eigenvalue weighted by Crippen LogP contribution is 2.31. The predicted molar refractivity (Wildman–Crippen MR) is 107 cm³/mol. The zero-order chi connectivity index (χ0) is 17.8. The molecular formula is C18H15BrClN3OS. The highest BCUT2D eigenvalue weighted by atomic mass is 79.9. The van der Waals surface area contributed by atoms with Crippen molar-refractivity contribution in [1.82, 2.24) is 14.9 Å². The van der Waals surface area contributed by atoms with E-state index in [0.29, 0.717) is 10.8 Å². The molecule has 2 aromatic carbocycles. The molecule has 0 unspecified atom stereocenters. The van der Waals surface area contributed by atoms with Gasteiger partial charge in [0, 0.05) is 27.8 Å². The molecule has 1 aromatic heterocycles. The lowest BCUT2D eigenvalue weighted by Crippen LogP contribution is -2.20. The van der Waals surface area contributed by atoms with Gasteiger partial charge in [-0.2, -0.15) is 0 Å². The number of carbonyl (C=O) groups is 1. The van der Waals surface area contributed by atoms with Crippen LogP contribution in [0.25, 0.3) is 16.9 Å². The van der Waals surface area contributed by atoms with Crippen LogP contribution >= 0.6 is 39.3 Å². The minimum atomic E-state index is -0.0455. The van der Waals surface area contributed by atoms with Crippen LogP contribution in [-0.4, -0.2) is 28.3 Å². The summed E-state index contributed by atoms with van der Waals surface area (Å²) in [6.45, 7) is 0. The number of nitrogens with zero attached hydrogens (tertiary/aromatic N) is 2. The fourth-order valence-electron chi connectivity index (χ4n) is 2.33. The minimum absolute atomic E-state index is 0.0455. The number of nitrogens with one attached hydrogen (secondary N) is 1. The van der Waals surface area contributed by atoms with E-state index in [1.807, 2.05) is 59.3 Å². The Bertz CT molecular complexity index is 896. The Kier molecular flexibility index (Phi) is 5.83. The molecule has 1 N–H and O–H groups in total. The average molecular weight is 437 g/mol. The lowest BCUT2D eigenvalue weighted by molar-refractivity contribution is -0.118. The number of hydrogen-bond acceptors (Lipinski definition) is 3. The van der Waals surface area contributed by atoms with E-state index >= 15 is 0 Å². The summed E-state index contributed by atoms with van der Waals surface area (Å²) in [4.78, 5) is 16.1. The molecule has 25 heavy (non-hydrogen) atoms. The summed E-state index contributed by atoms with van der Waals surface area (Å²) in [6, 6.07) is 15.6. The lowest BCUT2D eigenvalue weighted by atomic mass is 10.1. The number of amides is 1. The normalized spacial score (nSPS) is 10.7. The smallest absolute Gasteiger partial charge is 0.230 e. The van der Waals surface area contributed by atoms with E-state index in [4.69, 9.17) is 11.6 Å². The van der Waals surface area contributed by atoms with Gasteiger partial charge in [0.15, 0.2) is 5.16 Å². The summed E-state index contributed by atoms with van der Waals surface area (Å²) in [5.74, 6) is 0.254. The Morgan fingerprint density at radius 1 is 1.28 bits per heavy atom. The number of thioether (sulfide) groups is 1. The Morgan fingerprint density at radius 3 is 2.72 bits per heavy atom. The standard InChI is InChI=1S/C18H15BrClN3OS/c1-21-17(24)11-25-18-22-10-16(12-5-7-13(19)8-6-12)23(18)15-4-2-3-14(20)9-15/h2-10H,11H2,1H3,(H,21,24). The van der Waals surface area contributed by atoms with Crippen molar-refractivity contribution in [2.45, 2.75) is 5.16 Å². The molecule has 0 spiro atoms. The van der Waals surface area contributed by atoms with Crippen molar-refractivity contribution in [2.24, 2.45) is 0 Å². The van der Waals surface area contributed by atoms with Gasteiger partial charge in [-0.3, -0.25) is 9.36 Å². The van der Waals surface area contributed by atoms with Crippen molar-refractivity contribution in [1.29, 1.82) is 0 Å². The summed E-state index contributed by atoms with van der Waals surface area (Å²) in [6.07, 6.45) is 1.82. The van der Waals surface area contributed by atoms with Gasteiger partial charge in [0.2, 0.25) is 5.91 Å². The molecule has 0 saturated carbocycles. The third-order valence-corrected chi connectivity index (χ3v) is 5.26. The van der Waals surface area contributed by atoms with Gasteiger partial charge in [0.1, 0.15) is 0 Å². The Morgan fingerprint density at radius 2 is 2.04 bits per heavy atom. The first kappa shape index (κ1) is 18.0. The SMILES string of the molecule is CNC(=O)CSc1ncc(-c2ccc(Br)cc2)n1-c1cccc(Cl)c1. The van der Waals surface area contributed by atoms with Gasteiger partial charge in [-0.1, -0.05) is 57.5 Å². The number of imidazole rings is 1. The Hall–Kier alpha value is -1.76. The molecule has 0 aliphatic heterocycles. The van der Waals surface area contributed by atoms with Crippen molar-refractivity contribution in [3.05, 3.63) is 64.2 Å². The number of benzene rings is 2. The van der Waals surface area contributed by atoms with Crippen molar-refractivity contribution >= 4 is 45.2 Å². The third kappa shape index (κ3) is 4.26. The Labute approximate surface area is 163 Å². The second-order valence-electron chi connectivity index (χ2n) is 5.21. The molecule has 0 aliphatic rings. The van der Waals surface area contributed by atoms with E-state index in [9.17, 15) is 4.79 Å². The van der Waals surface area contributed by atoms with Crippen LogP contribution in [0, 0.1) is 0 Å². The molecule has 4 nitrogen and oxygen atoms in total. The second kappa shape index (κ2) is 8.08. The van der Waals surface area contributed by atoms with Gasteiger partial charge < -0.3 is 5.32 Å². The maximum Gasteiger partial charge on any atom is 0.230 e. The van der Waals surface area contributed by atoms with E-state index in [1.165, 1.54) is 11.8 Å². The van der Waals surface area contributed by atoms with Crippen molar-refractivity contribution in [3.8, 4) is 16.9 Å². The number of carbonyl (C=O) groups excluding carboxylic acids is 1. The van der Waals surface area contributed by atoms with E-state index in [2.05, 4.69) is 26.2 Å². The van der Waals surface area contributed by atoms with Crippen LogP contribution < -0.4 is 5.32 Å². The Balaban J connectivity index is 2.07. The number of halogens is 2. The van der Waals surface area contributed by atoms with Gasteiger partial charge in [0.25, 0.3) is 0 Å². The fourth-order valence-corrected chi connectivity index (χ4v) is 3.64. The maximum atomic E-state index is 11.6. The van der Waals surface area contributed by atoms with Crippen LogP contribution in [0.2, 0.25) is 5.02 Å². The number of hydrogen-bond donors (Lipinski definition) is 1. The molecular weight excluding hydrogens is 422 g/mol. The molecule has 1 heterocycles.